The van der Waals surface area contributed by atoms with Gasteiger partial charge >= 0.3 is 0 Å². The van der Waals surface area contributed by atoms with Crippen molar-refractivity contribution in [3.05, 3.63) is 71.8 Å². The fourth-order valence-corrected chi connectivity index (χ4v) is 5.14. The Morgan fingerprint density at radius 2 is 1.34 bits per heavy atom. The first-order valence-electron chi connectivity index (χ1n) is 11.2. The van der Waals surface area contributed by atoms with Crippen molar-refractivity contribution in [2.24, 2.45) is 5.92 Å². The van der Waals surface area contributed by atoms with Crippen LogP contribution in [0, 0.1) is 5.92 Å². The summed E-state index contributed by atoms with van der Waals surface area (Å²) >= 11 is 0. The van der Waals surface area contributed by atoms with Crippen LogP contribution in [-0.2, 0) is 17.5 Å². The standard InChI is InChI=1S/C26H39NOSi/c1-21(25(24-17-18-24)28-29(5,6)26(2,3)4)27(19-22-13-9-7-10-14-22)20-23-15-11-8-12-16-23/h7-16,21,24-25H,17-20H2,1-6H3. The molecule has 3 heteroatoms. The molecule has 2 aromatic carbocycles. The summed E-state index contributed by atoms with van der Waals surface area (Å²) in [6.07, 6.45) is 2.95. The highest BCUT2D eigenvalue weighted by atomic mass is 28.4. The lowest BCUT2D eigenvalue weighted by Gasteiger charge is -2.43. The van der Waals surface area contributed by atoms with Crippen LogP contribution in [-0.4, -0.2) is 25.4 Å². The Morgan fingerprint density at radius 3 is 1.72 bits per heavy atom. The highest BCUT2D eigenvalue weighted by Gasteiger charge is 2.45. The van der Waals surface area contributed by atoms with Crippen molar-refractivity contribution < 1.29 is 4.43 Å². The van der Waals surface area contributed by atoms with Gasteiger partial charge in [0.25, 0.3) is 0 Å². The van der Waals surface area contributed by atoms with Crippen LogP contribution in [0.1, 0.15) is 51.7 Å². The van der Waals surface area contributed by atoms with E-state index in [1.165, 1.54) is 24.0 Å². The van der Waals surface area contributed by atoms with Crippen molar-refractivity contribution in [2.75, 3.05) is 0 Å². The number of nitrogens with zero attached hydrogens (tertiary/aromatic N) is 1. The maximum absolute atomic E-state index is 7.04. The first kappa shape index (κ1) is 22.3. The van der Waals surface area contributed by atoms with Crippen LogP contribution in [0.3, 0.4) is 0 Å². The van der Waals surface area contributed by atoms with Crippen molar-refractivity contribution in [3.8, 4) is 0 Å². The van der Waals surface area contributed by atoms with Crippen LogP contribution >= 0.6 is 0 Å². The van der Waals surface area contributed by atoms with Gasteiger partial charge < -0.3 is 4.43 Å². The monoisotopic (exact) mass is 409 g/mol. The third-order valence-electron chi connectivity index (χ3n) is 6.83. The molecule has 0 aromatic heterocycles. The molecule has 158 valence electrons. The summed E-state index contributed by atoms with van der Waals surface area (Å²) < 4.78 is 7.04. The molecule has 1 aliphatic rings. The van der Waals surface area contributed by atoms with Crippen LogP contribution < -0.4 is 0 Å². The Kier molecular flexibility index (Phi) is 7.03. The third kappa shape index (κ3) is 6.03. The first-order chi connectivity index (χ1) is 13.7. The number of hydrogen-bond donors (Lipinski definition) is 0. The summed E-state index contributed by atoms with van der Waals surface area (Å²) in [5.41, 5.74) is 2.74. The molecule has 0 bridgehead atoms. The van der Waals surface area contributed by atoms with E-state index in [-0.39, 0.29) is 5.04 Å². The van der Waals surface area contributed by atoms with Gasteiger partial charge in [-0.15, -0.1) is 0 Å². The predicted molar refractivity (Wildman–Crippen MR) is 126 cm³/mol. The smallest absolute Gasteiger partial charge is 0.192 e. The van der Waals surface area contributed by atoms with Crippen LogP contribution in [0.2, 0.25) is 18.1 Å². The highest BCUT2D eigenvalue weighted by Crippen LogP contribution is 2.44. The van der Waals surface area contributed by atoms with Crippen molar-refractivity contribution in [3.63, 3.8) is 0 Å². The first-order valence-corrected chi connectivity index (χ1v) is 14.1. The van der Waals surface area contributed by atoms with E-state index >= 15 is 0 Å². The number of hydrogen-bond acceptors (Lipinski definition) is 2. The van der Waals surface area contributed by atoms with Crippen molar-refractivity contribution in [1.82, 2.24) is 4.90 Å². The van der Waals surface area contributed by atoms with Crippen LogP contribution in [0.5, 0.6) is 0 Å². The molecule has 1 aliphatic carbocycles. The highest BCUT2D eigenvalue weighted by molar-refractivity contribution is 6.74. The second-order valence-corrected chi connectivity index (χ2v) is 15.1. The summed E-state index contributed by atoms with van der Waals surface area (Å²) in [5, 5.41) is 0.240. The normalized spacial score (nSPS) is 17.3. The van der Waals surface area contributed by atoms with E-state index in [2.05, 4.69) is 106 Å². The Bertz CT molecular complexity index is 708. The van der Waals surface area contributed by atoms with Gasteiger partial charge in [-0.2, -0.15) is 0 Å². The molecule has 0 spiro atoms. The van der Waals surface area contributed by atoms with Gasteiger partial charge in [-0.25, -0.2) is 0 Å². The lowest BCUT2D eigenvalue weighted by molar-refractivity contribution is 0.0429. The molecule has 2 unspecified atom stereocenters. The minimum absolute atomic E-state index is 0.240. The zero-order chi connectivity index (χ0) is 21.1. The predicted octanol–water partition coefficient (Wildman–Crippen LogP) is 6.88. The van der Waals surface area contributed by atoms with Crippen LogP contribution in [0.25, 0.3) is 0 Å². The molecule has 2 atom stereocenters. The largest absolute Gasteiger partial charge is 0.412 e. The SMILES string of the molecule is CC(C(O[Si](C)(C)C(C)(C)C)C1CC1)N(Cc1ccccc1)Cc1ccccc1. The summed E-state index contributed by atoms with van der Waals surface area (Å²) in [7, 11) is -1.81. The van der Waals surface area contributed by atoms with Crippen molar-refractivity contribution in [1.29, 1.82) is 0 Å². The lowest BCUT2D eigenvalue weighted by Crippen LogP contribution is -2.51. The lowest BCUT2D eigenvalue weighted by atomic mass is 10.0. The third-order valence-corrected chi connectivity index (χ3v) is 11.3. The second-order valence-electron chi connectivity index (χ2n) is 10.3. The van der Waals surface area contributed by atoms with Gasteiger partial charge in [-0.1, -0.05) is 81.4 Å². The summed E-state index contributed by atoms with van der Waals surface area (Å²) in [5.74, 6) is 0.716. The molecular formula is C26H39NOSi. The molecule has 0 saturated heterocycles. The number of rotatable bonds is 9. The van der Waals surface area contributed by atoms with Gasteiger partial charge in [-0.05, 0) is 54.9 Å². The van der Waals surface area contributed by atoms with E-state index in [0.29, 0.717) is 18.1 Å². The summed E-state index contributed by atoms with van der Waals surface area (Å²) in [6.45, 7) is 16.1. The fraction of sp³-hybridized carbons (Fsp3) is 0.538. The molecule has 2 nitrogen and oxygen atoms in total. The van der Waals surface area contributed by atoms with Gasteiger partial charge in [0.1, 0.15) is 0 Å². The Balaban J connectivity index is 1.83. The molecule has 0 radical (unpaired) electrons. The van der Waals surface area contributed by atoms with Gasteiger partial charge in [0.2, 0.25) is 0 Å². The van der Waals surface area contributed by atoms with Crippen molar-refractivity contribution in [2.45, 2.75) is 83.9 Å². The minimum atomic E-state index is -1.81. The van der Waals surface area contributed by atoms with E-state index in [0.717, 1.165) is 13.1 Å². The maximum Gasteiger partial charge on any atom is 0.192 e. The summed E-state index contributed by atoms with van der Waals surface area (Å²) in [6, 6.07) is 22.1. The zero-order valence-electron chi connectivity index (χ0n) is 19.2. The fourth-order valence-electron chi connectivity index (χ4n) is 3.72. The van der Waals surface area contributed by atoms with Crippen LogP contribution in [0.4, 0.5) is 0 Å². The maximum atomic E-state index is 7.04. The van der Waals surface area contributed by atoms with Gasteiger partial charge in [0, 0.05) is 19.1 Å². The molecule has 0 amide bonds. The molecule has 0 aliphatic heterocycles. The Labute approximate surface area is 179 Å². The molecular weight excluding hydrogens is 370 g/mol. The van der Waals surface area contributed by atoms with Gasteiger partial charge in [0.05, 0.1) is 6.10 Å². The van der Waals surface area contributed by atoms with Gasteiger partial charge in [0.15, 0.2) is 8.32 Å². The number of benzene rings is 2. The summed E-state index contributed by atoms with van der Waals surface area (Å²) in [4.78, 5) is 2.63. The second kappa shape index (κ2) is 9.16. The van der Waals surface area contributed by atoms with Gasteiger partial charge in [-0.3, -0.25) is 4.90 Å². The van der Waals surface area contributed by atoms with E-state index < -0.39 is 8.32 Å². The van der Waals surface area contributed by atoms with Crippen molar-refractivity contribution >= 4 is 8.32 Å². The molecule has 3 rings (SSSR count). The molecule has 2 aromatic rings. The van der Waals surface area contributed by atoms with E-state index in [1.807, 2.05) is 0 Å². The minimum Gasteiger partial charge on any atom is -0.412 e. The molecule has 1 fully saturated rings. The average Bonchev–Trinajstić information content (AvgIpc) is 3.51. The average molecular weight is 410 g/mol. The van der Waals surface area contributed by atoms with E-state index in [1.54, 1.807) is 0 Å². The molecule has 29 heavy (non-hydrogen) atoms. The molecule has 1 saturated carbocycles. The Morgan fingerprint density at radius 1 is 0.897 bits per heavy atom. The topological polar surface area (TPSA) is 12.5 Å². The van der Waals surface area contributed by atoms with E-state index in [4.69, 9.17) is 4.43 Å². The van der Waals surface area contributed by atoms with E-state index in [9.17, 15) is 0 Å². The molecule has 0 heterocycles. The van der Waals surface area contributed by atoms with Crippen LogP contribution in [0.15, 0.2) is 60.7 Å². The molecule has 0 N–H and O–H groups in total. The zero-order valence-corrected chi connectivity index (χ0v) is 20.2. The Hall–Kier alpha value is -1.42. The quantitative estimate of drug-likeness (QED) is 0.419.